The van der Waals surface area contributed by atoms with E-state index in [9.17, 15) is 14.4 Å². The van der Waals surface area contributed by atoms with Crippen LogP contribution in [0.15, 0.2) is 0 Å². The number of aliphatic carboxylic acids is 1. The molecule has 0 aliphatic heterocycles. The maximum atomic E-state index is 12.8. The Morgan fingerprint density at radius 2 is 1.65 bits per heavy atom. The van der Waals surface area contributed by atoms with E-state index in [2.05, 4.69) is 5.32 Å². The van der Waals surface area contributed by atoms with Crippen LogP contribution in [0.3, 0.4) is 0 Å². The molecule has 2 amide bonds. The number of carboxylic acids is 1. The van der Waals surface area contributed by atoms with Gasteiger partial charge >= 0.3 is 5.97 Å². The van der Waals surface area contributed by atoms with E-state index in [0.29, 0.717) is 0 Å². The summed E-state index contributed by atoms with van der Waals surface area (Å²) in [5.74, 6) is -1.45. The molecule has 0 spiro atoms. The molecule has 2 N–H and O–H groups in total. The first-order valence-electron chi connectivity index (χ1n) is 8.95. The van der Waals surface area contributed by atoms with Gasteiger partial charge in [-0.25, -0.2) is 0 Å². The molecule has 0 saturated heterocycles. The van der Waals surface area contributed by atoms with Crippen molar-refractivity contribution in [1.29, 1.82) is 0 Å². The van der Waals surface area contributed by atoms with E-state index < -0.39 is 24.2 Å². The number of carboxylic acid groups (broad SMARTS) is 1. The number of likely N-dealkylation sites (N-methyl/N-ethyl adjacent to an activating group) is 2. The van der Waals surface area contributed by atoms with Crippen LogP contribution in [0.1, 0.15) is 40.5 Å². The number of hydrogen-bond donors (Lipinski definition) is 2. The molecule has 8 nitrogen and oxygen atoms in total. The van der Waals surface area contributed by atoms with Gasteiger partial charge in [-0.2, -0.15) is 0 Å². The SMILES string of the molecule is CCC(C)C(C(CC(=O)O)OC)N(C)C(=O)C(C)NC(=O)C(C)N(C)C. The van der Waals surface area contributed by atoms with Crippen LogP contribution in [-0.4, -0.2) is 85.2 Å². The lowest BCUT2D eigenvalue weighted by molar-refractivity contribution is -0.147. The van der Waals surface area contributed by atoms with E-state index in [1.807, 2.05) is 13.8 Å². The van der Waals surface area contributed by atoms with E-state index in [-0.39, 0.29) is 30.2 Å². The fourth-order valence-corrected chi connectivity index (χ4v) is 2.84. The average Bonchev–Trinajstić information content (AvgIpc) is 2.58. The molecule has 0 fully saturated rings. The molecule has 0 aliphatic rings. The van der Waals surface area contributed by atoms with E-state index in [4.69, 9.17) is 9.84 Å². The quantitative estimate of drug-likeness (QED) is 0.556. The molecular formula is C18H35N3O5. The monoisotopic (exact) mass is 373 g/mol. The Morgan fingerprint density at radius 3 is 2.04 bits per heavy atom. The third kappa shape index (κ3) is 6.92. The molecule has 0 aromatic heterocycles. The first-order valence-corrected chi connectivity index (χ1v) is 8.95. The smallest absolute Gasteiger partial charge is 0.306 e. The topological polar surface area (TPSA) is 99.2 Å². The van der Waals surface area contributed by atoms with Crippen molar-refractivity contribution in [2.24, 2.45) is 5.92 Å². The predicted molar refractivity (Wildman–Crippen MR) is 99.8 cm³/mol. The van der Waals surface area contributed by atoms with Crippen molar-refractivity contribution in [2.45, 2.75) is 64.8 Å². The molecule has 0 aromatic carbocycles. The van der Waals surface area contributed by atoms with Gasteiger partial charge in [0.15, 0.2) is 0 Å². The second-order valence-corrected chi connectivity index (χ2v) is 7.07. The highest BCUT2D eigenvalue weighted by Gasteiger charge is 2.35. The number of hydrogen-bond acceptors (Lipinski definition) is 5. The van der Waals surface area contributed by atoms with E-state index in [0.717, 1.165) is 6.42 Å². The Morgan fingerprint density at radius 1 is 1.12 bits per heavy atom. The van der Waals surface area contributed by atoms with E-state index in [1.165, 1.54) is 12.0 Å². The van der Waals surface area contributed by atoms with Crippen LogP contribution in [0.5, 0.6) is 0 Å². The van der Waals surface area contributed by atoms with Crippen molar-refractivity contribution < 1.29 is 24.2 Å². The molecule has 0 saturated carbocycles. The largest absolute Gasteiger partial charge is 0.481 e. The number of methoxy groups -OCH3 is 1. The molecule has 5 unspecified atom stereocenters. The van der Waals surface area contributed by atoms with Crippen molar-refractivity contribution in [3.05, 3.63) is 0 Å². The standard InChI is InChI=1S/C18H35N3O5/c1-9-11(2)16(14(26-8)10-15(22)23)21(7)18(25)12(3)19-17(24)13(4)20(5)6/h11-14,16H,9-10H2,1-8H3,(H,19,24)(H,22,23). The Balaban J connectivity index is 5.30. The molecule has 0 aromatic rings. The molecule has 8 heteroatoms. The zero-order valence-corrected chi connectivity index (χ0v) is 17.3. The molecule has 152 valence electrons. The highest BCUT2D eigenvalue weighted by atomic mass is 16.5. The third-order valence-corrected chi connectivity index (χ3v) is 4.96. The molecular weight excluding hydrogens is 338 g/mol. The fraction of sp³-hybridized carbons (Fsp3) is 0.833. The van der Waals surface area contributed by atoms with Crippen molar-refractivity contribution in [2.75, 3.05) is 28.3 Å². The van der Waals surface area contributed by atoms with Crippen LogP contribution < -0.4 is 5.32 Å². The number of carbonyl (C=O) groups excluding carboxylic acids is 2. The molecule has 5 atom stereocenters. The van der Waals surface area contributed by atoms with Gasteiger partial charge in [0, 0.05) is 14.2 Å². The van der Waals surface area contributed by atoms with Crippen molar-refractivity contribution in [3.63, 3.8) is 0 Å². The normalized spacial score (nSPS) is 17.1. The Hall–Kier alpha value is -1.67. The number of carbonyl (C=O) groups is 3. The minimum Gasteiger partial charge on any atom is -0.481 e. The summed E-state index contributed by atoms with van der Waals surface area (Å²) >= 11 is 0. The van der Waals surface area contributed by atoms with Crippen molar-refractivity contribution in [3.8, 4) is 0 Å². The summed E-state index contributed by atoms with van der Waals surface area (Å²) in [4.78, 5) is 39.4. The van der Waals surface area contributed by atoms with Crippen molar-refractivity contribution in [1.82, 2.24) is 15.1 Å². The van der Waals surface area contributed by atoms with Crippen LogP contribution in [-0.2, 0) is 19.1 Å². The summed E-state index contributed by atoms with van der Waals surface area (Å²) in [6, 6.07) is -1.48. The molecule has 0 aliphatic carbocycles. The molecule has 0 bridgehead atoms. The van der Waals surface area contributed by atoms with Gasteiger partial charge in [0.25, 0.3) is 0 Å². The zero-order valence-electron chi connectivity index (χ0n) is 17.3. The Labute approximate surface area is 156 Å². The molecule has 0 rings (SSSR count). The number of nitrogens with zero attached hydrogens (tertiary/aromatic N) is 2. The van der Waals surface area contributed by atoms with Gasteiger partial charge < -0.3 is 20.1 Å². The second-order valence-electron chi connectivity index (χ2n) is 7.07. The zero-order chi connectivity index (χ0) is 20.6. The first-order chi connectivity index (χ1) is 12.0. The van der Waals surface area contributed by atoms with E-state index in [1.54, 1.807) is 39.9 Å². The molecule has 0 radical (unpaired) electrons. The summed E-state index contributed by atoms with van der Waals surface area (Å²) < 4.78 is 5.38. The van der Waals surface area contributed by atoms with Crippen LogP contribution in [0.25, 0.3) is 0 Å². The van der Waals surface area contributed by atoms with Gasteiger partial charge in [-0.05, 0) is 33.9 Å². The molecule has 0 heterocycles. The number of rotatable bonds is 11. The maximum Gasteiger partial charge on any atom is 0.306 e. The van der Waals surface area contributed by atoms with Gasteiger partial charge in [-0.15, -0.1) is 0 Å². The van der Waals surface area contributed by atoms with E-state index >= 15 is 0 Å². The maximum absolute atomic E-state index is 12.8. The van der Waals surface area contributed by atoms with Crippen LogP contribution >= 0.6 is 0 Å². The lowest BCUT2D eigenvalue weighted by Crippen LogP contribution is -2.56. The Bertz CT molecular complexity index is 483. The fourth-order valence-electron chi connectivity index (χ4n) is 2.84. The summed E-state index contributed by atoms with van der Waals surface area (Å²) in [5, 5.41) is 11.9. The second kappa shape index (κ2) is 11.1. The third-order valence-electron chi connectivity index (χ3n) is 4.96. The number of nitrogens with one attached hydrogen (secondary N) is 1. The summed E-state index contributed by atoms with van der Waals surface area (Å²) in [7, 11) is 6.66. The number of amides is 2. The average molecular weight is 373 g/mol. The van der Waals surface area contributed by atoms with Gasteiger partial charge in [0.1, 0.15) is 6.04 Å². The van der Waals surface area contributed by atoms with Crippen LogP contribution in [0, 0.1) is 5.92 Å². The van der Waals surface area contributed by atoms with Gasteiger partial charge in [0.2, 0.25) is 11.8 Å². The summed E-state index contributed by atoms with van der Waals surface area (Å²) in [6.45, 7) is 7.32. The van der Waals surface area contributed by atoms with Gasteiger partial charge in [-0.1, -0.05) is 20.3 Å². The minimum absolute atomic E-state index is 0.0388. The molecule has 26 heavy (non-hydrogen) atoms. The van der Waals surface area contributed by atoms with Crippen LogP contribution in [0.2, 0.25) is 0 Å². The lowest BCUT2D eigenvalue weighted by Gasteiger charge is -2.38. The minimum atomic E-state index is -0.979. The van der Waals surface area contributed by atoms with Gasteiger partial charge in [-0.3, -0.25) is 19.3 Å². The van der Waals surface area contributed by atoms with Gasteiger partial charge in [0.05, 0.1) is 24.6 Å². The van der Waals surface area contributed by atoms with Crippen LogP contribution in [0.4, 0.5) is 0 Å². The summed E-state index contributed by atoms with van der Waals surface area (Å²) in [5.41, 5.74) is 0. The predicted octanol–water partition coefficient (Wildman–Crippen LogP) is 0.804. The Kier molecular flexibility index (Phi) is 10.4. The lowest BCUT2D eigenvalue weighted by atomic mass is 9.91. The highest BCUT2D eigenvalue weighted by Crippen LogP contribution is 2.22. The number of ether oxygens (including phenoxy) is 1. The summed E-state index contributed by atoms with van der Waals surface area (Å²) in [6.07, 6.45) is -0.0539. The van der Waals surface area contributed by atoms with Crippen molar-refractivity contribution >= 4 is 17.8 Å². The highest BCUT2D eigenvalue weighted by molar-refractivity contribution is 5.89. The first kappa shape index (κ1) is 24.3.